The number of carbonyl (C=O) groups excluding carboxylic acids is 5. The van der Waals surface area contributed by atoms with Crippen LogP contribution in [0.15, 0.2) is 72.8 Å². The molecule has 1 aliphatic heterocycles. The SMILES string of the molecule is CC(=O)Nc1ccc(NC(=O)COC(=O)CN2C(=O)[C@@H]3C4c5ccccc5C(c5ccccc54)[C@H]3C2=O)cc1. The number of hydrogen-bond acceptors (Lipinski definition) is 6. The maximum absolute atomic E-state index is 13.6. The van der Waals surface area contributed by atoms with Gasteiger partial charge < -0.3 is 15.4 Å². The summed E-state index contributed by atoms with van der Waals surface area (Å²) >= 11 is 0. The first kappa shape index (κ1) is 24.5. The monoisotopic (exact) mass is 523 g/mol. The van der Waals surface area contributed by atoms with Crippen LogP contribution in [-0.2, 0) is 28.7 Å². The second kappa shape index (κ2) is 9.50. The topological polar surface area (TPSA) is 122 Å². The van der Waals surface area contributed by atoms with Crippen molar-refractivity contribution in [1.29, 1.82) is 0 Å². The van der Waals surface area contributed by atoms with Crippen LogP contribution in [0, 0.1) is 11.8 Å². The van der Waals surface area contributed by atoms with Gasteiger partial charge in [-0.15, -0.1) is 0 Å². The molecule has 3 aromatic carbocycles. The van der Waals surface area contributed by atoms with Crippen LogP contribution < -0.4 is 10.6 Å². The van der Waals surface area contributed by atoms with Crippen molar-refractivity contribution in [3.05, 3.63) is 95.1 Å². The Kier molecular flexibility index (Phi) is 5.98. The Bertz CT molecular complexity index is 1420. The highest BCUT2D eigenvalue weighted by Crippen LogP contribution is 2.60. The number of esters is 1. The van der Waals surface area contributed by atoms with Crippen LogP contribution in [0.3, 0.4) is 0 Å². The van der Waals surface area contributed by atoms with Crippen molar-refractivity contribution in [1.82, 2.24) is 4.90 Å². The van der Waals surface area contributed by atoms with E-state index < -0.39 is 36.9 Å². The summed E-state index contributed by atoms with van der Waals surface area (Å²) in [5, 5.41) is 5.22. The van der Waals surface area contributed by atoms with E-state index in [0.29, 0.717) is 11.4 Å². The van der Waals surface area contributed by atoms with Gasteiger partial charge in [-0.1, -0.05) is 48.5 Å². The smallest absolute Gasteiger partial charge is 0.326 e. The lowest BCUT2D eigenvalue weighted by atomic mass is 9.55. The molecule has 9 nitrogen and oxygen atoms in total. The number of hydrogen-bond donors (Lipinski definition) is 2. The molecule has 3 aromatic rings. The normalized spacial score (nSPS) is 22.0. The second-order valence-corrected chi connectivity index (χ2v) is 9.99. The van der Waals surface area contributed by atoms with Gasteiger partial charge in [0, 0.05) is 30.1 Å². The van der Waals surface area contributed by atoms with Crippen LogP contribution in [0.1, 0.15) is 41.0 Å². The summed E-state index contributed by atoms with van der Waals surface area (Å²) in [6.07, 6.45) is 0. The molecule has 196 valence electrons. The predicted octanol–water partition coefficient (Wildman–Crippen LogP) is 3.02. The number of carbonyl (C=O) groups is 5. The van der Waals surface area contributed by atoms with Gasteiger partial charge in [0.2, 0.25) is 17.7 Å². The Morgan fingerprint density at radius 1 is 0.718 bits per heavy atom. The van der Waals surface area contributed by atoms with Crippen molar-refractivity contribution in [3.63, 3.8) is 0 Å². The number of benzene rings is 3. The molecule has 0 saturated carbocycles. The molecule has 3 aliphatic carbocycles. The lowest BCUT2D eigenvalue weighted by Crippen LogP contribution is -2.41. The number of anilines is 2. The predicted molar refractivity (Wildman–Crippen MR) is 141 cm³/mol. The molecule has 1 saturated heterocycles. The van der Waals surface area contributed by atoms with Crippen molar-refractivity contribution < 1.29 is 28.7 Å². The third-order valence-corrected chi connectivity index (χ3v) is 7.68. The minimum atomic E-state index is -0.839. The van der Waals surface area contributed by atoms with Gasteiger partial charge in [-0.25, -0.2) is 0 Å². The molecule has 7 rings (SSSR count). The van der Waals surface area contributed by atoms with E-state index in [1.165, 1.54) is 6.92 Å². The first-order valence-electron chi connectivity index (χ1n) is 12.7. The molecular formula is C30H25N3O6. The Morgan fingerprint density at radius 2 is 1.15 bits per heavy atom. The van der Waals surface area contributed by atoms with Crippen molar-refractivity contribution in [3.8, 4) is 0 Å². The van der Waals surface area contributed by atoms with E-state index in [-0.39, 0.29) is 29.6 Å². The number of likely N-dealkylation sites (tertiary alicyclic amines) is 1. The summed E-state index contributed by atoms with van der Waals surface area (Å²) in [7, 11) is 0. The molecule has 0 unspecified atom stereocenters. The van der Waals surface area contributed by atoms with E-state index in [0.717, 1.165) is 27.2 Å². The molecule has 2 N–H and O–H groups in total. The summed E-state index contributed by atoms with van der Waals surface area (Å²) in [6.45, 7) is 0.274. The Labute approximate surface area is 224 Å². The fourth-order valence-electron chi connectivity index (χ4n) is 6.25. The highest BCUT2D eigenvalue weighted by molar-refractivity contribution is 6.09. The van der Waals surface area contributed by atoms with Crippen molar-refractivity contribution >= 4 is 41.0 Å². The van der Waals surface area contributed by atoms with Crippen molar-refractivity contribution in [2.24, 2.45) is 11.8 Å². The molecule has 9 heteroatoms. The van der Waals surface area contributed by atoms with E-state index in [4.69, 9.17) is 4.74 Å². The quantitative estimate of drug-likeness (QED) is 0.378. The number of nitrogens with zero attached hydrogens (tertiary/aromatic N) is 1. The molecular weight excluding hydrogens is 498 g/mol. The minimum Gasteiger partial charge on any atom is -0.454 e. The minimum absolute atomic E-state index is 0.213. The molecule has 39 heavy (non-hydrogen) atoms. The maximum Gasteiger partial charge on any atom is 0.326 e. The molecule has 0 radical (unpaired) electrons. The Balaban J connectivity index is 1.12. The van der Waals surface area contributed by atoms with Crippen LogP contribution in [0.25, 0.3) is 0 Å². The fourth-order valence-corrected chi connectivity index (χ4v) is 6.25. The molecule has 4 amide bonds. The van der Waals surface area contributed by atoms with E-state index in [1.54, 1.807) is 24.3 Å². The molecule has 1 heterocycles. The summed E-state index contributed by atoms with van der Waals surface area (Å²) < 4.78 is 5.10. The van der Waals surface area contributed by atoms with Gasteiger partial charge in [0.25, 0.3) is 5.91 Å². The highest BCUT2D eigenvalue weighted by atomic mass is 16.5. The lowest BCUT2D eigenvalue weighted by Gasteiger charge is -2.45. The summed E-state index contributed by atoms with van der Waals surface area (Å²) in [4.78, 5) is 64.2. The highest BCUT2D eigenvalue weighted by Gasteiger charge is 2.61. The van der Waals surface area contributed by atoms with Crippen molar-refractivity contribution in [2.45, 2.75) is 18.8 Å². The number of imide groups is 1. The van der Waals surface area contributed by atoms with E-state index in [9.17, 15) is 24.0 Å². The number of rotatable bonds is 6. The van der Waals surface area contributed by atoms with E-state index in [2.05, 4.69) is 10.6 Å². The zero-order valence-corrected chi connectivity index (χ0v) is 21.0. The van der Waals surface area contributed by atoms with Crippen LogP contribution in [0.4, 0.5) is 11.4 Å². The zero-order valence-electron chi connectivity index (χ0n) is 21.0. The van der Waals surface area contributed by atoms with Gasteiger partial charge in [-0.2, -0.15) is 0 Å². The van der Waals surface area contributed by atoms with Gasteiger partial charge in [0.05, 0.1) is 11.8 Å². The molecule has 0 aromatic heterocycles. The number of ether oxygens (including phenoxy) is 1. The summed E-state index contributed by atoms with van der Waals surface area (Å²) in [6, 6.07) is 22.3. The third-order valence-electron chi connectivity index (χ3n) is 7.68. The van der Waals surface area contributed by atoms with Crippen LogP contribution >= 0.6 is 0 Å². The molecule has 2 bridgehead atoms. The Hall–Kier alpha value is -4.79. The van der Waals surface area contributed by atoms with Gasteiger partial charge in [0.15, 0.2) is 6.61 Å². The largest absolute Gasteiger partial charge is 0.454 e. The third kappa shape index (κ3) is 4.16. The van der Waals surface area contributed by atoms with Gasteiger partial charge >= 0.3 is 5.97 Å². The van der Waals surface area contributed by atoms with Gasteiger partial charge in [0.1, 0.15) is 6.54 Å². The Morgan fingerprint density at radius 3 is 1.59 bits per heavy atom. The molecule has 2 atom stereocenters. The molecule has 0 spiro atoms. The standard InChI is InChI=1S/C30H25N3O6/c1-16(34)31-17-10-12-18(13-11-17)32-23(35)15-39-24(36)14-33-29(37)27-25-19-6-2-3-7-20(19)26(28(27)30(33)38)22-9-5-4-8-21(22)25/h2-13,25-28H,14-15H2,1H3,(H,31,34)(H,32,35)/t25?,26?,27-,28-/m1/s1. The number of nitrogens with one attached hydrogen (secondary N) is 2. The van der Waals surface area contributed by atoms with E-state index in [1.807, 2.05) is 48.5 Å². The van der Waals surface area contributed by atoms with Crippen LogP contribution in [-0.4, -0.2) is 47.6 Å². The summed E-state index contributed by atoms with van der Waals surface area (Å²) in [5.74, 6) is -4.07. The first-order valence-corrected chi connectivity index (χ1v) is 12.7. The van der Waals surface area contributed by atoms with Gasteiger partial charge in [-0.3, -0.25) is 28.9 Å². The zero-order chi connectivity index (χ0) is 27.3. The van der Waals surface area contributed by atoms with Crippen molar-refractivity contribution in [2.75, 3.05) is 23.8 Å². The number of amides is 4. The maximum atomic E-state index is 13.6. The summed E-state index contributed by atoms with van der Waals surface area (Å²) in [5.41, 5.74) is 5.23. The lowest BCUT2D eigenvalue weighted by molar-refractivity contribution is -0.154. The van der Waals surface area contributed by atoms with Crippen LogP contribution in [0.2, 0.25) is 0 Å². The van der Waals surface area contributed by atoms with Crippen LogP contribution in [0.5, 0.6) is 0 Å². The molecule has 1 fully saturated rings. The average Bonchev–Trinajstić information content (AvgIpc) is 3.18. The van der Waals surface area contributed by atoms with E-state index >= 15 is 0 Å². The second-order valence-electron chi connectivity index (χ2n) is 9.99. The van der Waals surface area contributed by atoms with Gasteiger partial charge in [-0.05, 0) is 46.5 Å². The fraction of sp³-hybridized carbons (Fsp3) is 0.233. The molecule has 4 aliphatic rings. The average molecular weight is 524 g/mol. The first-order chi connectivity index (χ1) is 18.8.